The molecular weight excluding hydrogens is 250 g/mol. The molecular formula is C13H21NO3S. The van der Waals surface area contributed by atoms with Crippen molar-refractivity contribution in [1.82, 2.24) is 0 Å². The van der Waals surface area contributed by atoms with Crippen molar-refractivity contribution < 1.29 is 13.2 Å². The number of primary sulfonamides is 1. The molecule has 0 fully saturated rings. The van der Waals surface area contributed by atoms with Crippen molar-refractivity contribution in [2.45, 2.75) is 44.9 Å². The van der Waals surface area contributed by atoms with Crippen LogP contribution in [0.5, 0.6) is 5.75 Å². The monoisotopic (exact) mass is 271 g/mol. The molecule has 1 aromatic rings. The first-order chi connectivity index (χ1) is 8.36. The summed E-state index contributed by atoms with van der Waals surface area (Å²) in [4.78, 5) is 0.198. The second-order valence-electron chi connectivity index (χ2n) is 4.49. The Labute approximate surface area is 109 Å². The zero-order valence-corrected chi connectivity index (χ0v) is 12.0. The number of rotatable bonds is 6. The van der Waals surface area contributed by atoms with Gasteiger partial charge in [-0.15, -0.1) is 0 Å². The lowest BCUT2D eigenvalue weighted by Crippen LogP contribution is -2.15. The third kappa shape index (κ3) is 3.99. The fourth-order valence-corrected chi connectivity index (χ4v) is 3.00. The fraction of sp³-hybridized carbons (Fsp3) is 0.538. The summed E-state index contributed by atoms with van der Waals surface area (Å²) < 4.78 is 28.4. The van der Waals surface area contributed by atoms with E-state index in [0.29, 0.717) is 23.5 Å². The van der Waals surface area contributed by atoms with E-state index in [-0.39, 0.29) is 4.90 Å². The quantitative estimate of drug-likeness (QED) is 0.808. The maximum absolute atomic E-state index is 11.4. The molecule has 5 heteroatoms. The molecule has 0 aliphatic carbocycles. The van der Waals surface area contributed by atoms with Crippen LogP contribution in [-0.2, 0) is 10.0 Å². The number of benzene rings is 1. The Hall–Kier alpha value is -1.07. The minimum Gasteiger partial charge on any atom is -0.494 e. The molecule has 0 heterocycles. The van der Waals surface area contributed by atoms with Crippen molar-refractivity contribution in [3.8, 4) is 5.75 Å². The third-order valence-corrected chi connectivity index (χ3v) is 3.95. The molecule has 4 nitrogen and oxygen atoms in total. The SMILES string of the molecule is CCCCCOc1cc(C)c(S(N)(=O)=O)c(C)c1. The van der Waals surface area contributed by atoms with Crippen molar-refractivity contribution in [2.24, 2.45) is 5.14 Å². The zero-order valence-electron chi connectivity index (χ0n) is 11.2. The average molecular weight is 271 g/mol. The van der Waals surface area contributed by atoms with Gasteiger partial charge in [0.1, 0.15) is 5.75 Å². The number of aryl methyl sites for hydroxylation is 2. The summed E-state index contributed by atoms with van der Waals surface area (Å²) in [6, 6.07) is 3.44. The highest BCUT2D eigenvalue weighted by Gasteiger charge is 2.15. The molecule has 0 amide bonds. The number of nitrogens with two attached hydrogens (primary N) is 1. The maximum Gasteiger partial charge on any atom is 0.238 e. The summed E-state index contributed by atoms with van der Waals surface area (Å²) >= 11 is 0. The van der Waals surface area contributed by atoms with E-state index in [0.717, 1.165) is 19.3 Å². The predicted molar refractivity (Wildman–Crippen MR) is 72.3 cm³/mol. The van der Waals surface area contributed by atoms with E-state index in [1.165, 1.54) is 0 Å². The van der Waals surface area contributed by atoms with Gasteiger partial charge in [0.05, 0.1) is 11.5 Å². The highest BCUT2D eigenvalue weighted by atomic mass is 32.2. The van der Waals surface area contributed by atoms with Gasteiger partial charge in [0, 0.05) is 0 Å². The van der Waals surface area contributed by atoms with Gasteiger partial charge in [0.25, 0.3) is 0 Å². The van der Waals surface area contributed by atoms with E-state index < -0.39 is 10.0 Å². The van der Waals surface area contributed by atoms with Crippen molar-refractivity contribution in [1.29, 1.82) is 0 Å². The summed E-state index contributed by atoms with van der Waals surface area (Å²) in [6.07, 6.45) is 3.28. The van der Waals surface area contributed by atoms with Gasteiger partial charge in [-0.25, -0.2) is 13.6 Å². The summed E-state index contributed by atoms with van der Waals surface area (Å²) in [7, 11) is -3.67. The first-order valence-corrected chi connectivity index (χ1v) is 7.67. The normalized spacial score (nSPS) is 11.6. The second kappa shape index (κ2) is 6.20. The van der Waals surface area contributed by atoms with Crippen LogP contribution < -0.4 is 9.88 Å². The Balaban J connectivity index is 2.87. The molecule has 18 heavy (non-hydrogen) atoms. The molecule has 0 spiro atoms. The van der Waals surface area contributed by atoms with Crippen LogP contribution in [0.4, 0.5) is 0 Å². The fourth-order valence-electron chi connectivity index (χ4n) is 1.98. The van der Waals surface area contributed by atoms with Crippen molar-refractivity contribution in [3.63, 3.8) is 0 Å². The Bertz CT molecular complexity index is 486. The molecule has 1 aromatic carbocycles. The summed E-state index contributed by atoms with van der Waals surface area (Å²) in [5.74, 6) is 0.702. The number of hydrogen-bond donors (Lipinski definition) is 1. The van der Waals surface area contributed by atoms with E-state index in [1.54, 1.807) is 26.0 Å². The molecule has 102 valence electrons. The van der Waals surface area contributed by atoms with Gasteiger partial charge in [-0.1, -0.05) is 19.8 Å². The second-order valence-corrected chi connectivity index (χ2v) is 5.99. The number of sulfonamides is 1. The molecule has 1 rings (SSSR count). The lowest BCUT2D eigenvalue weighted by molar-refractivity contribution is 0.305. The summed E-state index contributed by atoms with van der Waals surface area (Å²) in [5, 5.41) is 5.18. The minimum absolute atomic E-state index is 0.198. The highest BCUT2D eigenvalue weighted by Crippen LogP contribution is 2.25. The largest absolute Gasteiger partial charge is 0.494 e. The van der Waals surface area contributed by atoms with Crippen molar-refractivity contribution in [2.75, 3.05) is 6.61 Å². The minimum atomic E-state index is -3.67. The van der Waals surface area contributed by atoms with Crippen LogP contribution in [-0.4, -0.2) is 15.0 Å². The number of unbranched alkanes of at least 4 members (excludes halogenated alkanes) is 2. The molecule has 0 aliphatic heterocycles. The van der Waals surface area contributed by atoms with Gasteiger partial charge in [0.15, 0.2) is 0 Å². The van der Waals surface area contributed by atoms with Crippen LogP contribution in [0, 0.1) is 13.8 Å². The van der Waals surface area contributed by atoms with E-state index in [1.807, 2.05) is 0 Å². The van der Waals surface area contributed by atoms with Crippen LogP contribution in [0.3, 0.4) is 0 Å². The summed E-state index contributed by atoms with van der Waals surface area (Å²) in [5.41, 5.74) is 1.26. The first-order valence-electron chi connectivity index (χ1n) is 6.13. The highest BCUT2D eigenvalue weighted by molar-refractivity contribution is 7.89. The van der Waals surface area contributed by atoms with Gasteiger partial charge in [-0.05, 0) is 43.5 Å². The molecule has 0 saturated heterocycles. The smallest absolute Gasteiger partial charge is 0.238 e. The third-order valence-electron chi connectivity index (χ3n) is 2.73. The maximum atomic E-state index is 11.4. The summed E-state index contributed by atoms with van der Waals surface area (Å²) in [6.45, 7) is 6.24. The van der Waals surface area contributed by atoms with E-state index in [4.69, 9.17) is 9.88 Å². The van der Waals surface area contributed by atoms with E-state index >= 15 is 0 Å². The van der Waals surface area contributed by atoms with Gasteiger partial charge in [-0.3, -0.25) is 0 Å². The molecule has 0 aromatic heterocycles. The van der Waals surface area contributed by atoms with Crippen LogP contribution >= 0.6 is 0 Å². The molecule has 0 bridgehead atoms. The number of hydrogen-bond acceptors (Lipinski definition) is 3. The van der Waals surface area contributed by atoms with Gasteiger partial charge >= 0.3 is 0 Å². The van der Waals surface area contributed by atoms with Crippen LogP contribution in [0.2, 0.25) is 0 Å². The van der Waals surface area contributed by atoms with Crippen LogP contribution in [0.15, 0.2) is 17.0 Å². The number of ether oxygens (including phenoxy) is 1. The van der Waals surface area contributed by atoms with E-state index in [9.17, 15) is 8.42 Å². The molecule has 0 atom stereocenters. The molecule has 0 radical (unpaired) electrons. The molecule has 0 aliphatic rings. The lowest BCUT2D eigenvalue weighted by atomic mass is 10.1. The standard InChI is InChI=1S/C13H21NO3S/c1-4-5-6-7-17-12-8-10(2)13(11(3)9-12)18(14,15)16/h8-9H,4-7H2,1-3H3,(H2,14,15,16). The van der Waals surface area contributed by atoms with Gasteiger partial charge in [-0.2, -0.15) is 0 Å². The van der Waals surface area contributed by atoms with Gasteiger partial charge in [0.2, 0.25) is 10.0 Å². The zero-order chi connectivity index (χ0) is 13.8. The Morgan fingerprint density at radius 1 is 1.17 bits per heavy atom. The van der Waals surface area contributed by atoms with E-state index in [2.05, 4.69) is 6.92 Å². The van der Waals surface area contributed by atoms with Crippen molar-refractivity contribution in [3.05, 3.63) is 23.3 Å². The Morgan fingerprint density at radius 2 is 1.72 bits per heavy atom. The Kier molecular flexibility index (Phi) is 5.16. The average Bonchev–Trinajstić information content (AvgIpc) is 2.21. The molecule has 0 unspecified atom stereocenters. The topological polar surface area (TPSA) is 69.4 Å². The van der Waals surface area contributed by atoms with Gasteiger partial charge < -0.3 is 4.74 Å². The van der Waals surface area contributed by atoms with Crippen molar-refractivity contribution >= 4 is 10.0 Å². The first kappa shape index (κ1) is 15.0. The van der Waals surface area contributed by atoms with Crippen LogP contribution in [0.1, 0.15) is 37.3 Å². The lowest BCUT2D eigenvalue weighted by Gasteiger charge is -2.12. The molecule has 0 saturated carbocycles. The van der Waals surface area contributed by atoms with Crippen LogP contribution in [0.25, 0.3) is 0 Å². The predicted octanol–water partition coefficient (Wildman–Crippen LogP) is 2.52. The Morgan fingerprint density at radius 3 is 2.17 bits per heavy atom. The molecule has 2 N–H and O–H groups in total.